The molecular formula is C17H20F3N3O4S. The third kappa shape index (κ3) is 4.82. The molecule has 0 aliphatic carbocycles. The number of urea groups is 1. The summed E-state index contributed by atoms with van der Waals surface area (Å²) in [4.78, 5) is 27.5. The molecule has 3 rings (SSSR count). The van der Waals surface area contributed by atoms with E-state index < -0.39 is 22.3 Å². The van der Waals surface area contributed by atoms with Crippen molar-refractivity contribution in [3.05, 3.63) is 24.3 Å². The summed E-state index contributed by atoms with van der Waals surface area (Å²) in [6, 6.07) is 4.27. The Morgan fingerprint density at radius 1 is 1.07 bits per heavy atom. The van der Waals surface area contributed by atoms with Crippen molar-refractivity contribution in [3.63, 3.8) is 0 Å². The Balaban J connectivity index is 1.50. The van der Waals surface area contributed by atoms with Gasteiger partial charge in [-0.1, -0.05) is 0 Å². The van der Waals surface area contributed by atoms with Crippen LogP contribution in [0.1, 0.15) is 12.8 Å². The summed E-state index contributed by atoms with van der Waals surface area (Å²) in [6.45, 7) is 2.08. The lowest BCUT2D eigenvalue weighted by molar-refractivity contribution is -0.142. The number of nitrogens with zero attached hydrogens (tertiary/aromatic N) is 2. The highest BCUT2D eigenvalue weighted by molar-refractivity contribution is 7.86. The van der Waals surface area contributed by atoms with Gasteiger partial charge in [-0.05, 0) is 37.1 Å². The largest absolute Gasteiger partial charge is 0.475 e. The summed E-state index contributed by atoms with van der Waals surface area (Å²) in [6.07, 6.45) is 1.20. The van der Waals surface area contributed by atoms with Gasteiger partial charge < -0.3 is 19.9 Å². The van der Waals surface area contributed by atoms with Gasteiger partial charge in [-0.2, -0.15) is 13.2 Å². The average Bonchev–Trinajstić information content (AvgIpc) is 3.21. The normalized spacial score (nSPS) is 21.5. The predicted octanol–water partition coefficient (Wildman–Crippen LogP) is 2.17. The number of ether oxygens (including phenoxy) is 1. The van der Waals surface area contributed by atoms with Crippen molar-refractivity contribution in [3.8, 4) is 0 Å². The SMILES string of the molecule is O=C(Nc1ccc(S(=O)C(F)(F)F)cc1)N1CCN(C(=O)C2CCCO2)CC1. The zero-order chi connectivity index (χ0) is 20.3. The second kappa shape index (κ2) is 8.48. The summed E-state index contributed by atoms with van der Waals surface area (Å²) in [7, 11) is -3.11. The van der Waals surface area contributed by atoms with Crippen LogP contribution < -0.4 is 5.32 Å². The first-order valence-corrected chi connectivity index (χ1v) is 9.95. The Morgan fingerprint density at radius 3 is 2.21 bits per heavy atom. The van der Waals surface area contributed by atoms with Gasteiger partial charge in [-0.3, -0.25) is 4.79 Å². The zero-order valence-electron chi connectivity index (χ0n) is 14.9. The molecule has 28 heavy (non-hydrogen) atoms. The first kappa shape index (κ1) is 20.6. The number of carbonyl (C=O) groups excluding carboxylic acids is 2. The minimum Gasteiger partial charge on any atom is -0.368 e. The van der Waals surface area contributed by atoms with Gasteiger partial charge in [0.15, 0.2) is 10.8 Å². The molecule has 0 bridgehead atoms. The molecular weight excluding hydrogens is 399 g/mol. The molecule has 2 aliphatic rings. The van der Waals surface area contributed by atoms with E-state index in [-0.39, 0.29) is 16.9 Å². The highest BCUT2D eigenvalue weighted by atomic mass is 32.2. The molecule has 2 heterocycles. The van der Waals surface area contributed by atoms with E-state index in [1.165, 1.54) is 17.0 Å². The number of hydrogen-bond acceptors (Lipinski definition) is 4. The summed E-state index contributed by atoms with van der Waals surface area (Å²) in [5.74, 6) is -0.0502. The highest BCUT2D eigenvalue weighted by Crippen LogP contribution is 2.27. The number of rotatable bonds is 3. The maximum absolute atomic E-state index is 12.5. The number of piperazine rings is 1. The van der Waals surface area contributed by atoms with Crippen LogP contribution >= 0.6 is 0 Å². The van der Waals surface area contributed by atoms with Crippen molar-refractivity contribution < 1.29 is 31.7 Å². The smallest absolute Gasteiger partial charge is 0.368 e. The lowest BCUT2D eigenvalue weighted by atomic mass is 10.2. The Kier molecular flexibility index (Phi) is 6.23. The number of carbonyl (C=O) groups is 2. The number of benzene rings is 1. The van der Waals surface area contributed by atoms with E-state index in [0.717, 1.165) is 18.6 Å². The summed E-state index contributed by atoms with van der Waals surface area (Å²) < 4.78 is 54.1. The van der Waals surface area contributed by atoms with E-state index in [2.05, 4.69) is 5.32 Å². The van der Waals surface area contributed by atoms with Crippen LogP contribution in [0.2, 0.25) is 0 Å². The van der Waals surface area contributed by atoms with Crippen LogP contribution in [0, 0.1) is 0 Å². The quantitative estimate of drug-likeness (QED) is 0.815. The number of nitrogens with one attached hydrogen (secondary N) is 1. The molecule has 2 unspecified atom stereocenters. The van der Waals surface area contributed by atoms with E-state index in [1.807, 2.05) is 0 Å². The van der Waals surface area contributed by atoms with Gasteiger partial charge in [-0.15, -0.1) is 0 Å². The molecule has 3 amide bonds. The first-order valence-electron chi connectivity index (χ1n) is 8.80. The van der Waals surface area contributed by atoms with Crippen molar-refractivity contribution in [2.75, 3.05) is 38.1 Å². The van der Waals surface area contributed by atoms with E-state index in [9.17, 15) is 27.0 Å². The van der Waals surface area contributed by atoms with Crippen LogP contribution in [0.4, 0.5) is 23.7 Å². The van der Waals surface area contributed by atoms with E-state index in [4.69, 9.17) is 4.74 Å². The standard InChI is InChI=1S/C17H20F3N3O4S/c18-17(19,20)28(26)13-5-3-12(4-6-13)21-16(25)23-9-7-22(8-10-23)15(24)14-2-1-11-27-14/h3-6,14H,1-2,7-11H2,(H,21,25). The Hall–Kier alpha value is -2.14. The molecule has 0 aromatic heterocycles. The van der Waals surface area contributed by atoms with Crippen LogP contribution in [0.3, 0.4) is 0 Å². The number of anilines is 1. The molecule has 1 N–H and O–H groups in total. The van der Waals surface area contributed by atoms with Crippen molar-refractivity contribution >= 4 is 28.4 Å². The maximum atomic E-state index is 12.5. The minimum atomic E-state index is -4.83. The topological polar surface area (TPSA) is 79.0 Å². The molecule has 2 fully saturated rings. The zero-order valence-corrected chi connectivity index (χ0v) is 15.7. The monoisotopic (exact) mass is 419 g/mol. The van der Waals surface area contributed by atoms with Crippen LogP contribution in [0.25, 0.3) is 0 Å². The van der Waals surface area contributed by atoms with Crippen molar-refractivity contribution in [1.82, 2.24) is 9.80 Å². The van der Waals surface area contributed by atoms with Gasteiger partial charge in [0.2, 0.25) is 0 Å². The maximum Gasteiger partial charge on any atom is 0.475 e. The molecule has 2 saturated heterocycles. The molecule has 154 valence electrons. The van der Waals surface area contributed by atoms with Crippen molar-refractivity contribution in [2.24, 2.45) is 0 Å². The Labute approximate surface area is 162 Å². The van der Waals surface area contributed by atoms with Crippen molar-refractivity contribution in [2.45, 2.75) is 29.3 Å². The number of amides is 3. The van der Waals surface area contributed by atoms with E-state index >= 15 is 0 Å². The third-order valence-corrected chi connectivity index (χ3v) is 5.73. The predicted molar refractivity (Wildman–Crippen MR) is 95.1 cm³/mol. The highest BCUT2D eigenvalue weighted by Gasteiger charge is 2.38. The molecule has 0 saturated carbocycles. The molecule has 11 heteroatoms. The Bertz CT molecular complexity index is 743. The van der Waals surface area contributed by atoms with Gasteiger partial charge in [0, 0.05) is 43.4 Å². The van der Waals surface area contributed by atoms with Gasteiger partial charge in [0.1, 0.15) is 6.10 Å². The lowest BCUT2D eigenvalue weighted by Gasteiger charge is -2.35. The molecule has 2 atom stereocenters. The fourth-order valence-electron chi connectivity index (χ4n) is 3.10. The van der Waals surface area contributed by atoms with Crippen LogP contribution in [-0.4, -0.2) is 70.3 Å². The fraction of sp³-hybridized carbons (Fsp3) is 0.529. The number of halogens is 3. The molecule has 1 aromatic rings. The summed E-state index contributed by atoms with van der Waals surface area (Å²) in [5, 5.41) is 2.59. The lowest BCUT2D eigenvalue weighted by Crippen LogP contribution is -2.53. The van der Waals surface area contributed by atoms with Gasteiger partial charge in [0.25, 0.3) is 5.91 Å². The van der Waals surface area contributed by atoms with Crippen LogP contribution in [0.5, 0.6) is 0 Å². The fourth-order valence-corrected chi connectivity index (χ4v) is 3.75. The molecule has 0 spiro atoms. The average molecular weight is 419 g/mol. The molecule has 0 radical (unpaired) electrons. The van der Waals surface area contributed by atoms with E-state index in [0.29, 0.717) is 44.9 Å². The first-order chi connectivity index (χ1) is 13.3. The second-order valence-corrected chi connectivity index (χ2v) is 7.95. The number of hydrogen-bond donors (Lipinski definition) is 1. The number of alkyl halides is 3. The molecule has 7 nitrogen and oxygen atoms in total. The van der Waals surface area contributed by atoms with E-state index in [1.54, 1.807) is 4.90 Å². The van der Waals surface area contributed by atoms with Crippen molar-refractivity contribution in [1.29, 1.82) is 0 Å². The molecule has 1 aromatic carbocycles. The Morgan fingerprint density at radius 2 is 1.68 bits per heavy atom. The third-order valence-electron chi connectivity index (χ3n) is 4.61. The van der Waals surface area contributed by atoms with Gasteiger partial charge in [-0.25, -0.2) is 9.00 Å². The van der Waals surface area contributed by atoms with Gasteiger partial charge >= 0.3 is 11.5 Å². The summed E-state index contributed by atoms with van der Waals surface area (Å²) in [5.41, 5.74) is -4.53. The summed E-state index contributed by atoms with van der Waals surface area (Å²) >= 11 is 0. The minimum absolute atomic E-state index is 0.0502. The van der Waals surface area contributed by atoms with Gasteiger partial charge in [0.05, 0.1) is 0 Å². The molecule has 2 aliphatic heterocycles. The van der Waals surface area contributed by atoms with Crippen LogP contribution in [0.15, 0.2) is 29.2 Å². The van der Waals surface area contributed by atoms with Crippen LogP contribution in [-0.2, 0) is 20.3 Å². The second-order valence-electron chi connectivity index (χ2n) is 6.48.